The van der Waals surface area contributed by atoms with Crippen LogP contribution in [0.25, 0.3) is 11.1 Å². The largest absolute Gasteiger partial charge is 0.274 e. The molecule has 4 aliphatic rings. The lowest BCUT2D eigenvalue weighted by Gasteiger charge is -2.52. The maximum absolute atomic E-state index is 14.0. The predicted molar refractivity (Wildman–Crippen MR) is 133 cm³/mol. The highest BCUT2D eigenvalue weighted by Crippen LogP contribution is 2.64. The van der Waals surface area contributed by atoms with E-state index in [0.29, 0.717) is 5.69 Å². The van der Waals surface area contributed by atoms with Crippen LogP contribution in [0.5, 0.6) is 0 Å². The standard InChI is InChI=1S/C31H23NO2/c1-31-24-13-7-5-11-22(24)26(23-12-6-8-14-25(23)31)27-28(31)30(34)32(29(27)33)21-17-15-20(16-18-21)19-9-3-2-4-10-19/h2-18,26-28H,1H3. The Bertz CT molecular complexity index is 1420. The molecule has 1 saturated heterocycles. The molecule has 1 heterocycles. The molecule has 4 aromatic rings. The van der Waals surface area contributed by atoms with E-state index in [1.54, 1.807) is 0 Å². The van der Waals surface area contributed by atoms with Gasteiger partial charge in [-0.25, -0.2) is 4.90 Å². The molecule has 34 heavy (non-hydrogen) atoms. The van der Waals surface area contributed by atoms with Gasteiger partial charge in [0.05, 0.1) is 17.5 Å². The van der Waals surface area contributed by atoms with Crippen LogP contribution < -0.4 is 4.90 Å². The van der Waals surface area contributed by atoms with Crippen LogP contribution in [0.15, 0.2) is 103 Å². The fourth-order valence-corrected chi connectivity index (χ4v) is 6.84. The summed E-state index contributed by atoms with van der Waals surface area (Å²) in [5, 5.41) is 0. The highest BCUT2D eigenvalue weighted by atomic mass is 16.2. The summed E-state index contributed by atoms with van der Waals surface area (Å²) >= 11 is 0. The highest BCUT2D eigenvalue weighted by Gasteiger charge is 2.66. The fraction of sp³-hybridized carbons (Fsp3) is 0.161. The number of carbonyl (C=O) groups excluding carboxylic acids is 2. The highest BCUT2D eigenvalue weighted by molar-refractivity contribution is 6.23. The lowest BCUT2D eigenvalue weighted by molar-refractivity contribution is -0.123. The Morgan fingerprint density at radius 1 is 0.618 bits per heavy atom. The van der Waals surface area contributed by atoms with E-state index in [1.165, 1.54) is 27.2 Å². The number of benzene rings is 4. The lowest BCUT2D eigenvalue weighted by Crippen LogP contribution is -2.51. The molecular formula is C31H23NO2. The monoisotopic (exact) mass is 441 g/mol. The van der Waals surface area contributed by atoms with Crippen molar-refractivity contribution < 1.29 is 9.59 Å². The first-order valence-corrected chi connectivity index (χ1v) is 11.8. The molecule has 2 atom stereocenters. The molecule has 0 spiro atoms. The van der Waals surface area contributed by atoms with Gasteiger partial charge in [-0.15, -0.1) is 0 Å². The van der Waals surface area contributed by atoms with Crippen molar-refractivity contribution in [3.05, 3.63) is 125 Å². The third-order valence-corrected chi connectivity index (χ3v) is 8.28. The normalized spacial score (nSPS) is 26.3. The van der Waals surface area contributed by atoms with Crippen LogP contribution in [-0.4, -0.2) is 11.8 Å². The molecule has 0 radical (unpaired) electrons. The number of carbonyl (C=O) groups is 2. The molecule has 3 heteroatoms. The van der Waals surface area contributed by atoms with E-state index in [9.17, 15) is 9.59 Å². The first kappa shape index (κ1) is 19.5. The number of imide groups is 1. The molecule has 0 N–H and O–H groups in total. The van der Waals surface area contributed by atoms with Crippen molar-refractivity contribution in [2.24, 2.45) is 11.8 Å². The minimum absolute atomic E-state index is 0.0808. The molecule has 1 fully saturated rings. The zero-order valence-corrected chi connectivity index (χ0v) is 18.8. The molecule has 2 bridgehead atoms. The van der Waals surface area contributed by atoms with Gasteiger partial charge in [0, 0.05) is 11.3 Å². The number of rotatable bonds is 2. The van der Waals surface area contributed by atoms with Crippen LogP contribution in [0.3, 0.4) is 0 Å². The molecule has 2 unspecified atom stereocenters. The molecule has 4 aromatic carbocycles. The minimum Gasteiger partial charge on any atom is -0.274 e. The van der Waals surface area contributed by atoms with Crippen molar-refractivity contribution >= 4 is 17.5 Å². The maximum atomic E-state index is 14.0. The molecule has 164 valence electrons. The topological polar surface area (TPSA) is 37.4 Å². The third kappa shape index (κ3) is 2.31. The average Bonchev–Trinajstić information content (AvgIpc) is 3.16. The second kappa shape index (κ2) is 6.77. The van der Waals surface area contributed by atoms with E-state index in [4.69, 9.17) is 0 Å². The first-order chi connectivity index (χ1) is 16.6. The van der Waals surface area contributed by atoms with E-state index in [1.807, 2.05) is 66.7 Å². The lowest BCUT2D eigenvalue weighted by atomic mass is 9.48. The summed E-state index contributed by atoms with van der Waals surface area (Å²) in [5.41, 5.74) is 7.04. The van der Waals surface area contributed by atoms with Gasteiger partial charge < -0.3 is 0 Å². The van der Waals surface area contributed by atoms with Crippen molar-refractivity contribution in [1.29, 1.82) is 0 Å². The van der Waals surface area contributed by atoms with Crippen LogP contribution in [0, 0.1) is 11.8 Å². The molecule has 8 rings (SSSR count). The first-order valence-electron chi connectivity index (χ1n) is 11.8. The van der Waals surface area contributed by atoms with Gasteiger partial charge in [0.15, 0.2) is 0 Å². The SMILES string of the molecule is CC12c3ccccc3C(c3ccccc31)C1C(=O)N(c3ccc(-c4ccccc4)cc3)C(=O)C12. The van der Waals surface area contributed by atoms with E-state index < -0.39 is 11.3 Å². The van der Waals surface area contributed by atoms with Crippen LogP contribution >= 0.6 is 0 Å². The molecular weight excluding hydrogens is 418 g/mol. The van der Waals surface area contributed by atoms with Gasteiger partial charge in [0.2, 0.25) is 11.8 Å². The Hall–Kier alpha value is -3.98. The van der Waals surface area contributed by atoms with Crippen molar-refractivity contribution in [1.82, 2.24) is 0 Å². The number of anilines is 1. The smallest absolute Gasteiger partial charge is 0.238 e. The zero-order valence-electron chi connectivity index (χ0n) is 18.8. The Morgan fingerprint density at radius 3 is 1.76 bits per heavy atom. The third-order valence-electron chi connectivity index (χ3n) is 8.28. The van der Waals surface area contributed by atoms with E-state index in [0.717, 1.165) is 11.1 Å². The summed E-state index contributed by atoms with van der Waals surface area (Å²) in [6.45, 7) is 2.16. The maximum Gasteiger partial charge on any atom is 0.238 e. The van der Waals surface area contributed by atoms with Crippen LogP contribution in [0.1, 0.15) is 35.1 Å². The van der Waals surface area contributed by atoms with Gasteiger partial charge in [-0.2, -0.15) is 0 Å². The second-order valence-electron chi connectivity index (χ2n) is 9.78. The summed E-state index contributed by atoms with van der Waals surface area (Å²) in [7, 11) is 0. The Morgan fingerprint density at radius 2 is 1.15 bits per heavy atom. The fourth-order valence-electron chi connectivity index (χ4n) is 6.84. The van der Waals surface area contributed by atoms with Crippen LogP contribution in [-0.2, 0) is 15.0 Å². The summed E-state index contributed by atoms with van der Waals surface area (Å²) < 4.78 is 0. The number of nitrogens with zero attached hydrogens (tertiary/aromatic N) is 1. The summed E-state index contributed by atoms with van der Waals surface area (Å²) in [6, 6.07) is 34.7. The molecule has 0 saturated carbocycles. The Kier molecular flexibility index (Phi) is 3.88. The van der Waals surface area contributed by atoms with Crippen molar-refractivity contribution in [3.63, 3.8) is 0 Å². The summed E-state index contributed by atoms with van der Waals surface area (Å²) in [6.07, 6.45) is 0. The second-order valence-corrected chi connectivity index (χ2v) is 9.78. The van der Waals surface area contributed by atoms with Crippen LogP contribution in [0.2, 0.25) is 0 Å². The van der Waals surface area contributed by atoms with E-state index in [-0.39, 0.29) is 23.7 Å². The predicted octanol–water partition coefficient (Wildman–Crippen LogP) is 5.92. The van der Waals surface area contributed by atoms with Gasteiger partial charge in [0.25, 0.3) is 0 Å². The average molecular weight is 442 g/mol. The van der Waals surface area contributed by atoms with Gasteiger partial charge in [-0.05, 0) is 45.5 Å². The summed E-state index contributed by atoms with van der Waals surface area (Å²) in [5.74, 6) is -1.04. The molecule has 2 amide bonds. The van der Waals surface area contributed by atoms with Crippen molar-refractivity contribution in [3.8, 4) is 11.1 Å². The van der Waals surface area contributed by atoms with Gasteiger partial charge in [-0.3, -0.25) is 9.59 Å². The summed E-state index contributed by atoms with van der Waals surface area (Å²) in [4.78, 5) is 29.4. The Balaban J connectivity index is 1.36. The molecule has 0 aromatic heterocycles. The quantitative estimate of drug-likeness (QED) is 0.362. The van der Waals surface area contributed by atoms with Gasteiger partial charge in [-0.1, -0.05) is 97.9 Å². The Labute approximate surface area is 198 Å². The minimum atomic E-state index is -0.530. The van der Waals surface area contributed by atoms with E-state index in [2.05, 4.69) is 43.3 Å². The van der Waals surface area contributed by atoms with Crippen molar-refractivity contribution in [2.75, 3.05) is 4.90 Å². The number of amides is 2. The zero-order chi connectivity index (χ0) is 23.0. The number of hydrogen-bond acceptors (Lipinski definition) is 2. The van der Waals surface area contributed by atoms with Gasteiger partial charge in [0.1, 0.15) is 0 Å². The molecule has 1 aliphatic heterocycles. The van der Waals surface area contributed by atoms with Crippen LogP contribution in [0.4, 0.5) is 5.69 Å². The van der Waals surface area contributed by atoms with E-state index >= 15 is 0 Å². The number of hydrogen-bond donors (Lipinski definition) is 0. The van der Waals surface area contributed by atoms with Gasteiger partial charge >= 0.3 is 0 Å². The van der Waals surface area contributed by atoms with Crippen molar-refractivity contribution in [2.45, 2.75) is 18.3 Å². The molecule has 3 aliphatic carbocycles. The molecule has 3 nitrogen and oxygen atoms in total.